The molecule has 0 amide bonds. The van der Waals surface area contributed by atoms with Crippen LogP contribution < -0.4 is 5.46 Å². The Morgan fingerprint density at radius 3 is 2.74 bits per heavy atom. The number of nitrogens with zero attached hydrogens (tertiary/aromatic N) is 3. The molecule has 34 heavy (non-hydrogen) atoms. The summed E-state index contributed by atoms with van der Waals surface area (Å²) in [5, 5.41) is 0.377. The van der Waals surface area contributed by atoms with Crippen LogP contribution in [0.5, 0.6) is 0 Å². The lowest BCUT2D eigenvalue weighted by molar-refractivity contribution is 0.0343. The van der Waals surface area contributed by atoms with Gasteiger partial charge in [0, 0.05) is 24.8 Å². The summed E-state index contributed by atoms with van der Waals surface area (Å²) in [6.45, 7) is 8.97. The maximum absolute atomic E-state index is 14.9. The Hall–Kier alpha value is -3.30. The van der Waals surface area contributed by atoms with Crippen LogP contribution in [0, 0.1) is 18.2 Å². The van der Waals surface area contributed by atoms with Crippen molar-refractivity contribution in [3.63, 3.8) is 0 Å². The third-order valence-electron chi connectivity index (χ3n) is 5.90. The molecule has 1 aliphatic heterocycles. The van der Waals surface area contributed by atoms with Crippen LogP contribution in [-0.4, -0.2) is 47.4 Å². The molecule has 0 unspecified atom stereocenters. The van der Waals surface area contributed by atoms with Crippen LogP contribution >= 0.6 is 0 Å². The normalized spacial score (nSPS) is 15.7. The second-order valence-corrected chi connectivity index (χ2v) is 9.23. The van der Waals surface area contributed by atoms with Crippen LogP contribution in [0.3, 0.4) is 0 Å². The van der Waals surface area contributed by atoms with Crippen LogP contribution in [0.15, 0.2) is 42.6 Å². The zero-order valence-corrected chi connectivity index (χ0v) is 19.6. The number of carbonyl (C=O) groups excluding carboxylic acids is 1. The lowest BCUT2D eigenvalue weighted by Crippen LogP contribution is -2.47. The number of aromatic nitrogens is 3. The molecule has 1 aliphatic rings. The average Bonchev–Trinajstić information content (AvgIpc) is 3.14. The van der Waals surface area contributed by atoms with E-state index in [4.69, 9.17) is 14.0 Å². The van der Waals surface area contributed by atoms with Crippen molar-refractivity contribution in [3.05, 3.63) is 59.8 Å². The van der Waals surface area contributed by atoms with Gasteiger partial charge >= 0.3 is 13.1 Å². The molecule has 1 fully saturated rings. The molecule has 0 atom stereocenters. The number of esters is 1. The number of carbonyl (C=O) groups is 1. The van der Waals surface area contributed by atoms with Gasteiger partial charge in [-0.25, -0.2) is 14.2 Å². The molecule has 3 heterocycles. The fourth-order valence-corrected chi connectivity index (χ4v) is 4.34. The lowest BCUT2D eigenvalue weighted by atomic mass is 9.75. The van der Waals surface area contributed by atoms with E-state index in [1.165, 1.54) is 6.07 Å². The van der Waals surface area contributed by atoms with Crippen molar-refractivity contribution in [2.24, 2.45) is 5.41 Å². The van der Waals surface area contributed by atoms with Crippen LogP contribution in [0.2, 0.25) is 0 Å². The smallest absolute Gasteiger partial charge is 0.462 e. The van der Waals surface area contributed by atoms with Gasteiger partial charge in [0.2, 0.25) is 0 Å². The van der Waals surface area contributed by atoms with Crippen LogP contribution in [0.25, 0.3) is 27.6 Å². The summed E-state index contributed by atoms with van der Waals surface area (Å²) in [5.41, 5.74) is 3.10. The highest BCUT2D eigenvalue weighted by molar-refractivity contribution is 6.62. The molecule has 0 bridgehead atoms. The molecule has 9 heteroatoms. The topological polar surface area (TPSA) is 75.5 Å². The molecule has 0 radical (unpaired) electrons. The van der Waals surface area contributed by atoms with E-state index in [2.05, 4.69) is 23.8 Å². The van der Waals surface area contributed by atoms with Crippen molar-refractivity contribution < 1.29 is 23.2 Å². The Bertz CT molecular complexity index is 1400. The molecule has 0 N–H and O–H groups in total. The SMILES string of the molecule is CCOC(=O)c1cc(B2OCC(C)(C)CO2)cc2c1nc(C)n2-c1ccnc2cccc(F)c12. The van der Waals surface area contributed by atoms with E-state index in [1.54, 1.807) is 37.4 Å². The monoisotopic (exact) mass is 461 g/mol. The summed E-state index contributed by atoms with van der Waals surface area (Å²) in [5.74, 6) is -0.272. The van der Waals surface area contributed by atoms with Crippen LogP contribution in [0.4, 0.5) is 4.39 Å². The Morgan fingerprint density at radius 1 is 1.24 bits per heavy atom. The minimum atomic E-state index is -0.639. The van der Waals surface area contributed by atoms with Crippen molar-refractivity contribution in [1.29, 1.82) is 0 Å². The van der Waals surface area contributed by atoms with Gasteiger partial charge in [-0.05, 0) is 49.6 Å². The van der Waals surface area contributed by atoms with Crippen molar-refractivity contribution >= 4 is 40.5 Å². The van der Waals surface area contributed by atoms with E-state index in [0.717, 1.165) is 0 Å². The number of ether oxygens (including phenoxy) is 1. The summed E-state index contributed by atoms with van der Waals surface area (Å²) in [6, 6.07) is 10.1. The second kappa shape index (κ2) is 8.49. The van der Waals surface area contributed by atoms with E-state index >= 15 is 0 Å². The number of hydrogen-bond donors (Lipinski definition) is 0. The quantitative estimate of drug-likeness (QED) is 0.338. The van der Waals surface area contributed by atoms with Gasteiger partial charge in [-0.3, -0.25) is 9.55 Å². The highest BCUT2D eigenvalue weighted by Gasteiger charge is 2.35. The number of benzene rings is 2. The summed E-state index contributed by atoms with van der Waals surface area (Å²) in [6.07, 6.45) is 1.63. The molecule has 2 aromatic carbocycles. The first-order valence-corrected chi connectivity index (χ1v) is 11.3. The number of rotatable bonds is 4. The molecule has 7 nitrogen and oxygen atoms in total. The minimum Gasteiger partial charge on any atom is -0.462 e. The summed E-state index contributed by atoms with van der Waals surface area (Å²) in [4.78, 5) is 21.9. The van der Waals surface area contributed by atoms with Crippen LogP contribution in [-0.2, 0) is 14.0 Å². The molecule has 2 aromatic heterocycles. The Labute approximate surface area is 197 Å². The molecular formula is C25H25BFN3O4. The Morgan fingerprint density at radius 2 is 2.00 bits per heavy atom. The zero-order valence-electron chi connectivity index (χ0n) is 19.6. The van der Waals surface area contributed by atoms with Gasteiger partial charge in [0.25, 0.3) is 0 Å². The lowest BCUT2D eigenvalue weighted by Gasteiger charge is -2.33. The number of aryl methyl sites for hydroxylation is 1. The molecular weight excluding hydrogens is 436 g/mol. The van der Waals surface area contributed by atoms with Gasteiger partial charge in [-0.15, -0.1) is 0 Å². The average molecular weight is 461 g/mol. The molecule has 0 spiro atoms. The van der Waals surface area contributed by atoms with E-state index in [9.17, 15) is 9.18 Å². The summed E-state index contributed by atoms with van der Waals surface area (Å²) >= 11 is 0. The predicted molar refractivity (Wildman–Crippen MR) is 128 cm³/mol. The zero-order chi connectivity index (χ0) is 24.0. The number of fused-ring (bicyclic) bond motifs is 2. The number of pyridine rings is 1. The van der Waals surface area contributed by atoms with Crippen LogP contribution in [0.1, 0.15) is 37.0 Å². The van der Waals surface area contributed by atoms with Gasteiger partial charge < -0.3 is 14.0 Å². The Balaban J connectivity index is 1.76. The van der Waals surface area contributed by atoms with Gasteiger partial charge in [-0.1, -0.05) is 19.9 Å². The van der Waals surface area contributed by atoms with Gasteiger partial charge in [0.05, 0.1) is 34.3 Å². The second-order valence-electron chi connectivity index (χ2n) is 9.23. The minimum absolute atomic E-state index is 0.101. The van der Waals surface area contributed by atoms with E-state index in [-0.39, 0.29) is 17.8 Å². The summed E-state index contributed by atoms with van der Waals surface area (Å²) in [7, 11) is -0.639. The van der Waals surface area contributed by atoms with Crippen molar-refractivity contribution in [1.82, 2.24) is 14.5 Å². The fraction of sp³-hybridized carbons (Fsp3) is 0.320. The third-order valence-corrected chi connectivity index (χ3v) is 5.90. The predicted octanol–water partition coefficient (Wildman–Crippen LogP) is 3.97. The van der Waals surface area contributed by atoms with E-state index in [0.29, 0.717) is 57.7 Å². The van der Waals surface area contributed by atoms with Crippen molar-refractivity contribution in [2.45, 2.75) is 27.7 Å². The maximum Gasteiger partial charge on any atom is 0.494 e. The molecule has 1 saturated heterocycles. The number of halogens is 1. The molecule has 5 rings (SSSR count). The molecule has 4 aromatic rings. The van der Waals surface area contributed by atoms with Gasteiger partial charge in [-0.2, -0.15) is 0 Å². The Kier molecular flexibility index (Phi) is 5.61. The largest absolute Gasteiger partial charge is 0.494 e. The standard InChI is InChI=1S/C25H25BFN3O4/c1-5-32-24(31)17-11-16(26-33-13-25(3,4)14-34-26)12-21-23(17)29-15(2)30(21)20-9-10-28-19-8-6-7-18(27)22(19)20/h6-12H,5,13-14H2,1-4H3. The van der Waals surface area contributed by atoms with E-state index < -0.39 is 13.1 Å². The highest BCUT2D eigenvalue weighted by Crippen LogP contribution is 2.30. The van der Waals surface area contributed by atoms with Gasteiger partial charge in [0.15, 0.2) is 0 Å². The number of hydrogen-bond acceptors (Lipinski definition) is 6. The first-order chi connectivity index (χ1) is 16.3. The molecule has 174 valence electrons. The third kappa shape index (κ3) is 3.84. The van der Waals surface area contributed by atoms with Crippen molar-refractivity contribution in [2.75, 3.05) is 19.8 Å². The molecule has 0 saturated carbocycles. The highest BCUT2D eigenvalue weighted by atomic mass is 19.1. The fourth-order valence-electron chi connectivity index (χ4n) is 4.34. The molecule has 0 aliphatic carbocycles. The van der Waals surface area contributed by atoms with Gasteiger partial charge in [0.1, 0.15) is 17.2 Å². The summed E-state index contributed by atoms with van der Waals surface area (Å²) < 4.78 is 34.1. The van der Waals surface area contributed by atoms with Crippen molar-refractivity contribution in [3.8, 4) is 5.69 Å². The number of imidazole rings is 1. The first-order valence-electron chi connectivity index (χ1n) is 11.3. The first kappa shape index (κ1) is 22.5. The maximum atomic E-state index is 14.9. The van der Waals surface area contributed by atoms with E-state index in [1.807, 2.05) is 17.6 Å².